The van der Waals surface area contributed by atoms with Gasteiger partial charge in [-0.1, -0.05) is 13.8 Å². The lowest BCUT2D eigenvalue weighted by atomic mass is 9.81. The Morgan fingerprint density at radius 1 is 1.22 bits per heavy atom. The predicted molar refractivity (Wildman–Crippen MR) is 76.7 cm³/mol. The third-order valence-corrected chi connectivity index (χ3v) is 3.75. The van der Waals surface area contributed by atoms with Gasteiger partial charge in [0.05, 0.1) is 18.8 Å². The number of rotatable bonds is 10. The molecule has 0 aliphatic carbocycles. The van der Waals surface area contributed by atoms with Crippen LogP contribution in [0.4, 0.5) is 0 Å². The van der Waals surface area contributed by atoms with Crippen molar-refractivity contribution in [2.45, 2.75) is 52.2 Å². The Kier molecular flexibility index (Phi) is 8.78. The Bertz CT molecular complexity index is 210. The Hall–Kier alpha value is -0.160. The molecule has 0 aromatic rings. The molecule has 3 N–H and O–H groups in total. The molecule has 2 atom stereocenters. The molecule has 18 heavy (non-hydrogen) atoms. The molecule has 4 heteroatoms. The molecule has 0 spiro atoms. The van der Waals surface area contributed by atoms with E-state index in [0.29, 0.717) is 19.1 Å². The second-order valence-corrected chi connectivity index (χ2v) is 5.57. The summed E-state index contributed by atoms with van der Waals surface area (Å²) in [5, 5.41) is 8.83. The molecule has 0 aromatic heterocycles. The first-order valence-electron chi connectivity index (χ1n) is 7.07. The zero-order valence-electron chi connectivity index (χ0n) is 12.8. The van der Waals surface area contributed by atoms with Crippen molar-refractivity contribution in [2.75, 3.05) is 33.4 Å². The highest BCUT2D eigenvalue weighted by Gasteiger charge is 2.32. The molecule has 0 radical (unpaired) electrons. The van der Waals surface area contributed by atoms with Crippen LogP contribution in [0.25, 0.3) is 0 Å². The second kappa shape index (κ2) is 8.86. The van der Waals surface area contributed by atoms with Crippen molar-refractivity contribution >= 4 is 0 Å². The molecule has 4 nitrogen and oxygen atoms in total. The van der Waals surface area contributed by atoms with E-state index in [2.05, 4.69) is 32.6 Å². The maximum Gasteiger partial charge on any atom is 0.0669 e. The van der Waals surface area contributed by atoms with Crippen molar-refractivity contribution in [1.29, 1.82) is 0 Å². The first-order chi connectivity index (χ1) is 8.38. The van der Waals surface area contributed by atoms with Crippen molar-refractivity contribution < 1.29 is 9.84 Å². The highest BCUT2D eigenvalue weighted by atomic mass is 16.5. The fraction of sp³-hybridized carbons (Fsp3) is 1.00. The van der Waals surface area contributed by atoms with Gasteiger partial charge in [-0.25, -0.2) is 0 Å². The molecule has 0 aliphatic heterocycles. The molecule has 0 saturated heterocycles. The summed E-state index contributed by atoms with van der Waals surface area (Å²) in [6, 6.07) is 0.195. The van der Waals surface area contributed by atoms with Crippen LogP contribution in [-0.4, -0.2) is 55.0 Å². The number of aliphatic hydroxyl groups is 1. The lowest BCUT2D eigenvalue weighted by Crippen LogP contribution is -2.46. The molecular weight excluding hydrogens is 228 g/mol. The van der Waals surface area contributed by atoms with Gasteiger partial charge in [-0.05, 0) is 33.7 Å². The molecule has 2 unspecified atom stereocenters. The summed E-state index contributed by atoms with van der Waals surface area (Å²) in [4.78, 5) is 2.07. The maximum absolute atomic E-state index is 8.83. The van der Waals surface area contributed by atoms with Gasteiger partial charge in [-0.15, -0.1) is 0 Å². The molecular formula is C14H32N2O2. The van der Waals surface area contributed by atoms with Crippen LogP contribution in [-0.2, 0) is 4.74 Å². The highest BCUT2D eigenvalue weighted by Crippen LogP contribution is 2.27. The molecule has 0 heterocycles. The third kappa shape index (κ3) is 6.14. The van der Waals surface area contributed by atoms with Crippen molar-refractivity contribution in [3.8, 4) is 0 Å². The minimum Gasteiger partial charge on any atom is -0.395 e. The van der Waals surface area contributed by atoms with E-state index in [1.165, 1.54) is 0 Å². The summed E-state index contributed by atoms with van der Waals surface area (Å²) >= 11 is 0. The van der Waals surface area contributed by atoms with Crippen LogP contribution in [0, 0.1) is 5.92 Å². The molecule has 0 aromatic carbocycles. The Morgan fingerprint density at radius 3 is 2.28 bits per heavy atom. The van der Waals surface area contributed by atoms with E-state index >= 15 is 0 Å². The minimum atomic E-state index is -0.190. The molecule has 0 rings (SSSR count). The normalized spacial score (nSPS) is 16.0. The highest BCUT2D eigenvalue weighted by molar-refractivity contribution is 4.85. The van der Waals surface area contributed by atoms with E-state index in [9.17, 15) is 0 Å². The molecule has 0 saturated carbocycles. The van der Waals surface area contributed by atoms with E-state index in [0.717, 1.165) is 19.4 Å². The van der Waals surface area contributed by atoms with Crippen LogP contribution in [0.15, 0.2) is 0 Å². The molecule has 0 fully saturated rings. The monoisotopic (exact) mass is 260 g/mol. The number of likely N-dealkylation sites (N-methyl/N-ethyl adjacent to an activating group) is 1. The SMILES string of the molecule is CCC(N)C(CC)C(C)(C)OCCN(C)CCO. The largest absolute Gasteiger partial charge is 0.395 e. The van der Waals surface area contributed by atoms with Crippen LogP contribution in [0.5, 0.6) is 0 Å². The third-order valence-electron chi connectivity index (χ3n) is 3.75. The first kappa shape index (κ1) is 17.8. The average molecular weight is 260 g/mol. The number of aliphatic hydroxyl groups excluding tert-OH is 1. The Balaban J connectivity index is 4.19. The Morgan fingerprint density at radius 2 is 1.83 bits per heavy atom. The van der Waals surface area contributed by atoms with Gasteiger partial charge in [0.2, 0.25) is 0 Å². The minimum absolute atomic E-state index is 0.190. The number of hydrogen-bond donors (Lipinski definition) is 2. The Labute approximate surface area is 112 Å². The van der Waals surface area contributed by atoms with Crippen molar-refractivity contribution in [1.82, 2.24) is 4.90 Å². The number of hydrogen-bond acceptors (Lipinski definition) is 4. The van der Waals surface area contributed by atoms with Crippen molar-refractivity contribution in [2.24, 2.45) is 11.7 Å². The second-order valence-electron chi connectivity index (χ2n) is 5.57. The molecule has 110 valence electrons. The fourth-order valence-electron chi connectivity index (χ4n) is 2.45. The van der Waals surface area contributed by atoms with Crippen molar-refractivity contribution in [3.63, 3.8) is 0 Å². The van der Waals surface area contributed by atoms with Crippen LogP contribution in [0.1, 0.15) is 40.5 Å². The van der Waals surface area contributed by atoms with Gasteiger partial charge in [0, 0.05) is 25.0 Å². The van der Waals surface area contributed by atoms with Gasteiger partial charge >= 0.3 is 0 Å². The topological polar surface area (TPSA) is 58.7 Å². The van der Waals surface area contributed by atoms with Gasteiger partial charge in [-0.2, -0.15) is 0 Å². The quantitative estimate of drug-likeness (QED) is 0.624. The maximum atomic E-state index is 8.83. The van der Waals surface area contributed by atoms with E-state index in [1.54, 1.807) is 0 Å². The molecule has 0 aliphatic rings. The van der Waals surface area contributed by atoms with Crippen LogP contribution in [0.3, 0.4) is 0 Å². The predicted octanol–water partition coefficient (Wildman–Crippen LogP) is 1.47. The van der Waals surface area contributed by atoms with E-state index in [4.69, 9.17) is 15.6 Å². The summed E-state index contributed by atoms with van der Waals surface area (Å²) < 4.78 is 6.02. The number of nitrogens with two attached hydrogens (primary N) is 1. The van der Waals surface area contributed by atoms with Gasteiger partial charge < -0.3 is 20.5 Å². The summed E-state index contributed by atoms with van der Waals surface area (Å²) in [5.74, 6) is 0.380. The van der Waals surface area contributed by atoms with Crippen LogP contribution in [0.2, 0.25) is 0 Å². The van der Waals surface area contributed by atoms with Gasteiger partial charge in [0.25, 0.3) is 0 Å². The zero-order chi connectivity index (χ0) is 14.2. The summed E-state index contributed by atoms with van der Waals surface area (Å²) in [6.07, 6.45) is 2.02. The zero-order valence-corrected chi connectivity index (χ0v) is 12.8. The summed E-state index contributed by atoms with van der Waals surface area (Å²) in [6.45, 7) is 10.9. The summed E-state index contributed by atoms with van der Waals surface area (Å²) in [7, 11) is 1.99. The number of ether oxygens (including phenoxy) is 1. The van der Waals surface area contributed by atoms with Crippen LogP contribution < -0.4 is 5.73 Å². The number of nitrogens with zero attached hydrogens (tertiary/aromatic N) is 1. The van der Waals surface area contributed by atoms with Gasteiger partial charge in [0.15, 0.2) is 0 Å². The van der Waals surface area contributed by atoms with Gasteiger partial charge in [-0.3, -0.25) is 0 Å². The lowest BCUT2D eigenvalue weighted by Gasteiger charge is -2.37. The standard InChI is InChI=1S/C14H32N2O2/c1-6-12(13(15)7-2)14(3,4)18-11-9-16(5)8-10-17/h12-13,17H,6-11,15H2,1-5H3. The summed E-state index contributed by atoms with van der Waals surface area (Å²) in [5.41, 5.74) is 5.98. The van der Waals surface area contributed by atoms with E-state index < -0.39 is 0 Å². The van der Waals surface area contributed by atoms with Gasteiger partial charge in [0.1, 0.15) is 0 Å². The van der Waals surface area contributed by atoms with E-state index in [-0.39, 0.29) is 18.2 Å². The average Bonchev–Trinajstić information content (AvgIpc) is 2.29. The fourth-order valence-corrected chi connectivity index (χ4v) is 2.45. The molecule has 0 bridgehead atoms. The van der Waals surface area contributed by atoms with Crippen molar-refractivity contribution in [3.05, 3.63) is 0 Å². The van der Waals surface area contributed by atoms with Crippen LogP contribution >= 0.6 is 0 Å². The van der Waals surface area contributed by atoms with E-state index in [1.807, 2.05) is 7.05 Å². The lowest BCUT2D eigenvalue weighted by molar-refractivity contribution is -0.0733. The first-order valence-corrected chi connectivity index (χ1v) is 7.07. The molecule has 0 amide bonds. The smallest absolute Gasteiger partial charge is 0.0669 e.